The number of nitrogens with one attached hydrogen (secondary N) is 2. The molecular weight excluding hydrogens is 396 g/mol. The predicted octanol–water partition coefficient (Wildman–Crippen LogP) is 1.76. The highest BCUT2D eigenvalue weighted by molar-refractivity contribution is 7.99. The minimum Gasteiger partial charge on any atom is -0.508 e. The maximum absolute atomic E-state index is 12.0. The fourth-order valence-electron chi connectivity index (χ4n) is 2.45. The van der Waals surface area contributed by atoms with Gasteiger partial charge in [0, 0.05) is 12.1 Å². The Morgan fingerprint density at radius 3 is 2.93 bits per heavy atom. The molecule has 0 aliphatic heterocycles. The lowest BCUT2D eigenvalue weighted by Gasteiger charge is -1.99. The molecule has 11 heteroatoms. The van der Waals surface area contributed by atoms with E-state index in [4.69, 9.17) is 0 Å². The van der Waals surface area contributed by atoms with Crippen LogP contribution < -0.4 is 9.99 Å². The van der Waals surface area contributed by atoms with Gasteiger partial charge in [-0.15, -0.1) is 5.10 Å². The van der Waals surface area contributed by atoms with Gasteiger partial charge < -0.3 is 5.11 Å². The molecule has 0 radical (unpaired) electrons. The summed E-state index contributed by atoms with van der Waals surface area (Å²) < 4.78 is 1.72. The molecule has 1 amide bonds. The number of rotatable bonds is 7. The van der Waals surface area contributed by atoms with Gasteiger partial charge in [0.25, 0.3) is 17.4 Å². The molecule has 0 unspecified atom stereocenters. The standard InChI is InChI=1S/C18H16N6O4S/c1-23-17(13-5-3-6-14(9-13)24(27)28)21-22-18(23)29-11-16(26)20-19-10-12-4-2-7-15(25)8-12/h2-10H,11H2,1H3,(H2,20,25,26)/p+1/b19-10+. The second kappa shape index (κ2) is 8.97. The summed E-state index contributed by atoms with van der Waals surface area (Å²) in [5, 5.41) is 31.7. The van der Waals surface area contributed by atoms with Crippen molar-refractivity contribution >= 4 is 29.6 Å². The normalized spacial score (nSPS) is 10.9. The molecular formula is C18H17N6O4S+. The number of benzene rings is 2. The number of aromatic amines is 1. The van der Waals surface area contributed by atoms with E-state index in [1.807, 2.05) is 0 Å². The third-order valence-corrected chi connectivity index (χ3v) is 4.85. The topological polar surface area (TPSA) is 137 Å². The number of nitrogens with zero attached hydrogens (tertiary/aromatic N) is 4. The molecule has 148 valence electrons. The number of amides is 1. The average molecular weight is 413 g/mol. The van der Waals surface area contributed by atoms with Crippen molar-refractivity contribution in [3.05, 3.63) is 64.2 Å². The van der Waals surface area contributed by atoms with Gasteiger partial charge in [0.2, 0.25) is 0 Å². The molecule has 0 spiro atoms. The second-order valence-corrected chi connectivity index (χ2v) is 6.84. The molecule has 3 aromatic rings. The summed E-state index contributed by atoms with van der Waals surface area (Å²) in [5.74, 6) is 0.441. The fourth-order valence-corrected chi connectivity index (χ4v) is 3.17. The molecule has 10 nitrogen and oxygen atoms in total. The number of non-ortho nitro benzene ring substituents is 1. The minimum atomic E-state index is -0.461. The van der Waals surface area contributed by atoms with Crippen molar-refractivity contribution in [2.45, 2.75) is 5.16 Å². The fraction of sp³-hybridized carbons (Fsp3) is 0.111. The zero-order valence-corrected chi connectivity index (χ0v) is 16.1. The number of hydrogen-bond donors (Lipinski definition) is 3. The summed E-state index contributed by atoms with van der Waals surface area (Å²) in [5.41, 5.74) is 3.65. The lowest BCUT2D eigenvalue weighted by molar-refractivity contribution is -0.698. The van der Waals surface area contributed by atoms with Crippen LogP contribution in [0.1, 0.15) is 5.56 Å². The molecule has 3 rings (SSSR count). The third-order valence-electron chi connectivity index (χ3n) is 3.82. The van der Waals surface area contributed by atoms with Crippen LogP contribution in [0.4, 0.5) is 5.69 Å². The molecule has 3 N–H and O–H groups in total. The van der Waals surface area contributed by atoms with E-state index in [-0.39, 0.29) is 23.1 Å². The molecule has 0 saturated heterocycles. The van der Waals surface area contributed by atoms with Crippen LogP contribution in [0.25, 0.3) is 11.4 Å². The molecule has 0 aliphatic rings. The maximum atomic E-state index is 12.0. The number of thioether (sulfide) groups is 1. The molecule has 0 atom stereocenters. The van der Waals surface area contributed by atoms with Crippen LogP contribution in [0.3, 0.4) is 0 Å². The Labute approximate surface area is 169 Å². The molecule has 1 heterocycles. The van der Waals surface area contributed by atoms with Crippen molar-refractivity contribution in [3.63, 3.8) is 0 Å². The minimum absolute atomic E-state index is 0.0183. The number of carbonyl (C=O) groups excluding carboxylic acids is 1. The lowest BCUT2D eigenvalue weighted by atomic mass is 10.2. The van der Waals surface area contributed by atoms with Gasteiger partial charge in [0.1, 0.15) is 5.75 Å². The van der Waals surface area contributed by atoms with Gasteiger partial charge in [-0.1, -0.05) is 18.2 Å². The number of nitro groups is 1. The summed E-state index contributed by atoms with van der Waals surface area (Å²) in [6, 6.07) is 12.7. The van der Waals surface area contributed by atoms with E-state index in [0.29, 0.717) is 22.1 Å². The first kappa shape index (κ1) is 20.0. The van der Waals surface area contributed by atoms with Crippen LogP contribution in [0.2, 0.25) is 0 Å². The zero-order chi connectivity index (χ0) is 20.8. The highest BCUT2D eigenvalue weighted by Gasteiger charge is 2.21. The first-order valence-corrected chi connectivity index (χ1v) is 9.35. The third kappa shape index (κ3) is 5.17. The second-order valence-electron chi connectivity index (χ2n) is 5.90. The quantitative estimate of drug-likeness (QED) is 0.177. The summed E-state index contributed by atoms with van der Waals surface area (Å²) in [7, 11) is 1.75. The van der Waals surface area contributed by atoms with Gasteiger partial charge in [-0.25, -0.2) is 9.99 Å². The average Bonchev–Trinajstić information content (AvgIpc) is 3.07. The van der Waals surface area contributed by atoms with E-state index < -0.39 is 4.92 Å². The van der Waals surface area contributed by atoms with Crippen LogP contribution in [-0.2, 0) is 11.8 Å². The SMILES string of the molecule is C[n+]1c(SCC(=O)N/N=C/c2cccc(O)c2)n[nH]c1-c1cccc([N+](=O)[O-])c1. The molecule has 1 aromatic heterocycles. The van der Waals surface area contributed by atoms with E-state index in [0.717, 1.165) is 0 Å². The number of aromatic nitrogens is 3. The summed E-state index contributed by atoms with van der Waals surface area (Å²) in [6.07, 6.45) is 1.43. The number of phenols is 1. The first-order chi connectivity index (χ1) is 13.9. The molecule has 0 aliphatic carbocycles. The van der Waals surface area contributed by atoms with Crippen LogP contribution in [-0.4, -0.2) is 38.1 Å². The van der Waals surface area contributed by atoms with E-state index >= 15 is 0 Å². The van der Waals surface area contributed by atoms with E-state index in [1.165, 1.54) is 36.2 Å². The molecule has 2 aromatic carbocycles. The van der Waals surface area contributed by atoms with E-state index in [1.54, 1.807) is 41.9 Å². The Hall–Kier alpha value is -3.73. The Morgan fingerprint density at radius 1 is 1.38 bits per heavy atom. The molecule has 29 heavy (non-hydrogen) atoms. The summed E-state index contributed by atoms with van der Waals surface area (Å²) in [4.78, 5) is 22.4. The summed E-state index contributed by atoms with van der Waals surface area (Å²) >= 11 is 1.19. The number of aromatic hydroxyl groups is 1. The van der Waals surface area contributed by atoms with Crippen molar-refractivity contribution in [1.82, 2.24) is 15.6 Å². The smallest absolute Gasteiger partial charge is 0.337 e. The van der Waals surface area contributed by atoms with Crippen molar-refractivity contribution in [2.24, 2.45) is 12.1 Å². The Bertz CT molecular complexity index is 1080. The van der Waals surface area contributed by atoms with Crippen molar-refractivity contribution < 1.29 is 19.4 Å². The largest absolute Gasteiger partial charge is 0.508 e. The van der Waals surface area contributed by atoms with Gasteiger partial charge in [0.15, 0.2) is 0 Å². The predicted molar refractivity (Wildman–Crippen MR) is 106 cm³/mol. The number of nitro benzene ring substituents is 1. The van der Waals surface area contributed by atoms with Gasteiger partial charge in [-0.2, -0.15) is 5.10 Å². The van der Waals surface area contributed by atoms with E-state index in [9.17, 15) is 20.0 Å². The molecule has 0 bridgehead atoms. The zero-order valence-electron chi connectivity index (χ0n) is 15.3. The van der Waals surface area contributed by atoms with Gasteiger partial charge in [-0.3, -0.25) is 14.9 Å². The number of phenolic OH excluding ortho intramolecular Hbond substituents is 1. The van der Waals surface area contributed by atoms with Gasteiger partial charge in [0.05, 0.1) is 34.6 Å². The maximum Gasteiger partial charge on any atom is 0.337 e. The van der Waals surface area contributed by atoms with E-state index in [2.05, 4.69) is 20.7 Å². The van der Waals surface area contributed by atoms with Crippen molar-refractivity contribution in [1.29, 1.82) is 0 Å². The molecule has 0 fully saturated rings. The monoisotopic (exact) mass is 413 g/mol. The highest BCUT2D eigenvalue weighted by atomic mass is 32.2. The van der Waals surface area contributed by atoms with Crippen LogP contribution >= 0.6 is 11.8 Å². The summed E-state index contributed by atoms with van der Waals surface area (Å²) in [6.45, 7) is 0. The van der Waals surface area contributed by atoms with Crippen LogP contribution in [0, 0.1) is 10.1 Å². The van der Waals surface area contributed by atoms with Gasteiger partial charge in [-0.05, 0) is 35.5 Å². The number of H-pyrrole nitrogens is 1. The Morgan fingerprint density at radius 2 is 2.17 bits per heavy atom. The lowest BCUT2D eigenvalue weighted by Crippen LogP contribution is -2.32. The number of hydrazone groups is 1. The van der Waals surface area contributed by atoms with Crippen molar-refractivity contribution in [3.8, 4) is 17.1 Å². The highest BCUT2D eigenvalue weighted by Crippen LogP contribution is 2.21. The van der Waals surface area contributed by atoms with Crippen molar-refractivity contribution in [2.75, 3.05) is 5.75 Å². The first-order valence-electron chi connectivity index (χ1n) is 8.37. The Balaban J connectivity index is 1.59. The molecule has 0 saturated carbocycles. The van der Waals surface area contributed by atoms with Crippen LogP contribution in [0.5, 0.6) is 5.75 Å². The Kier molecular flexibility index (Phi) is 6.19. The number of hydrogen-bond acceptors (Lipinski definition) is 7. The van der Waals surface area contributed by atoms with Crippen LogP contribution in [0.15, 0.2) is 58.8 Å². The number of carbonyl (C=O) groups is 1. The van der Waals surface area contributed by atoms with Gasteiger partial charge >= 0.3 is 5.16 Å².